The summed E-state index contributed by atoms with van der Waals surface area (Å²) in [6.07, 6.45) is 4.09. The lowest BCUT2D eigenvalue weighted by molar-refractivity contribution is -0.0686. The van der Waals surface area contributed by atoms with Crippen LogP contribution in [0.5, 0.6) is 0 Å². The molecule has 1 N–H and O–H groups in total. The van der Waals surface area contributed by atoms with E-state index in [1.54, 1.807) is 18.2 Å². The molecule has 18 heavy (non-hydrogen) atoms. The van der Waals surface area contributed by atoms with Gasteiger partial charge in [-0.3, -0.25) is 0 Å². The van der Waals surface area contributed by atoms with Crippen molar-refractivity contribution in [2.45, 2.75) is 44.2 Å². The number of hydrogen-bond donors (Lipinski definition) is 1. The summed E-state index contributed by atoms with van der Waals surface area (Å²) in [5.74, 6) is -0.937. The van der Waals surface area contributed by atoms with Gasteiger partial charge in [0, 0.05) is 5.56 Å². The third-order valence-electron chi connectivity index (χ3n) is 3.68. The second-order valence-electron chi connectivity index (χ2n) is 4.86. The monoisotopic (exact) mass is 248 g/mol. The van der Waals surface area contributed by atoms with Crippen molar-refractivity contribution in [3.05, 3.63) is 35.4 Å². The van der Waals surface area contributed by atoms with Gasteiger partial charge in [-0.25, -0.2) is 4.79 Å². The summed E-state index contributed by atoms with van der Waals surface area (Å²) >= 11 is 0. The molecule has 0 aromatic heterocycles. The number of fused-ring (bicyclic) bond motifs is 1. The number of ether oxygens (including phenoxy) is 2. The molecule has 1 unspecified atom stereocenters. The SMILES string of the molecule is O=C(O)c1ccccc1C1O[C@H]2CCCC[C@H]2O1. The van der Waals surface area contributed by atoms with Gasteiger partial charge in [0.1, 0.15) is 0 Å². The minimum absolute atomic E-state index is 0.130. The molecule has 1 aliphatic carbocycles. The van der Waals surface area contributed by atoms with Gasteiger partial charge in [0.25, 0.3) is 0 Å². The minimum Gasteiger partial charge on any atom is -0.478 e. The lowest BCUT2D eigenvalue weighted by Gasteiger charge is -2.21. The van der Waals surface area contributed by atoms with E-state index in [9.17, 15) is 9.90 Å². The van der Waals surface area contributed by atoms with Crippen LogP contribution in [0.3, 0.4) is 0 Å². The number of benzene rings is 1. The van der Waals surface area contributed by atoms with Gasteiger partial charge in [0.05, 0.1) is 17.8 Å². The lowest BCUT2D eigenvalue weighted by Crippen LogP contribution is -2.25. The summed E-state index contributed by atoms with van der Waals surface area (Å²) in [6, 6.07) is 6.89. The van der Waals surface area contributed by atoms with Gasteiger partial charge in [-0.1, -0.05) is 31.0 Å². The summed E-state index contributed by atoms with van der Waals surface area (Å²) in [4.78, 5) is 11.2. The Labute approximate surface area is 106 Å². The molecule has 1 saturated heterocycles. The first-order chi connectivity index (χ1) is 8.75. The molecule has 3 atom stereocenters. The molecule has 3 rings (SSSR count). The van der Waals surface area contributed by atoms with Crippen LogP contribution in [0, 0.1) is 0 Å². The van der Waals surface area contributed by atoms with Crippen LogP contribution in [-0.4, -0.2) is 23.3 Å². The molecule has 0 radical (unpaired) electrons. The highest BCUT2D eigenvalue weighted by Gasteiger charge is 2.39. The fourth-order valence-corrected chi connectivity index (χ4v) is 2.77. The Morgan fingerprint density at radius 1 is 1.11 bits per heavy atom. The van der Waals surface area contributed by atoms with Crippen molar-refractivity contribution >= 4 is 5.97 Å². The first-order valence-electron chi connectivity index (χ1n) is 6.39. The van der Waals surface area contributed by atoms with Gasteiger partial charge in [0.15, 0.2) is 6.29 Å². The number of rotatable bonds is 2. The van der Waals surface area contributed by atoms with Gasteiger partial charge in [-0.05, 0) is 18.9 Å². The summed E-state index contributed by atoms with van der Waals surface area (Å²) in [6.45, 7) is 0. The molecule has 0 spiro atoms. The summed E-state index contributed by atoms with van der Waals surface area (Å²) in [5, 5.41) is 9.17. The molecule has 0 amide bonds. The van der Waals surface area contributed by atoms with E-state index in [1.807, 2.05) is 6.07 Å². The van der Waals surface area contributed by atoms with Gasteiger partial charge in [0.2, 0.25) is 0 Å². The predicted octanol–water partition coefficient (Wildman–Crippen LogP) is 2.74. The minimum atomic E-state index is -0.937. The molecule has 0 bridgehead atoms. The predicted molar refractivity (Wildman–Crippen MR) is 64.4 cm³/mol. The third kappa shape index (κ3) is 2.02. The van der Waals surface area contributed by atoms with Gasteiger partial charge in [-0.2, -0.15) is 0 Å². The highest BCUT2D eigenvalue weighted by Crippen LogP contribution is 2.39. The Morgan fingerprint density at radius 3 is 2.33 bits per heavy atom. The Kier molecular flexibility index (Phi) is 3.06. The van der Waals surface area contributed by atoms with Crippen LogP contribution in [-0.2, 0) is 9.47 Å². The fourth-order valence-electron chi connectivity index (χ4n) is 2.77. The van der Waals surface area contributed by atoms with Crippen molar-refractivity contribution in [3.63, 3.8) is 0 Å². The maximum absolute atomic E-state index is 11.2. The molecular weight excluding hydrogens is 232 g/mol. The smallest absolute Gasteiger partial charge is 0.336 e. The number of aromatic carboxylic acids is 1. The first-order valence-corrected chi connectivity index (χ1v) is 6.39. The molecule has 1 aliphatic heterocycles. The maximum atomic E-state index is 11.2. The maximum Gasteiger partial charge on any atom is 0.336 e. The zero-order valence-electron chi connectivity index (χ0n) is 10.0. The van der Waals surface area contributed by atoms with Crippen LogP contribution in [0.2, 0.25) is 0 Å². The Hall–Kier alpha value is -1.39. The van der Waals surface area contributed by atoms with Gasteiger partial charge in [-0.15, -0.1) is 0 Å². The van der Waals surface area contributed by atoms with E-state index in [0.717, 1.165) is 25.7 Å². The zero-order chi connectivity index (χ0) is 12.5. The Bertz CT molecular complexity index is 443. The van der Waals surface area contributed by atoms with Crippen molar-refractivity contribution in [1.82, 2.24) is 0 Å². The molecule has 96 valence electrons. The van der Waals surface area contributed by atoms with Crippen molar-refractivity contribution < 1.29 is 19.4 Å². The molecule has 4 heteroatoms. The third-order valence-corrected chi connectivity index (χ3v) is 3.68. The highest BCUT2D eigenvalue weighted by molar-refractivity contribution is 5.89. The van der Waals surface area contributed by atoms with E-state index in [-0.39, 0.29) is 17.8 Å². The Balaban J connectivity index is 1.85. The van der Waals surface area contributed by atoms with E-state index in [4.69, 9.17) is 9.47 Å². The van der Waals surface area contributed by atoms with Crippen molar-refractivity contribution in [2.75, 3.05) is 0 Å². The molecule has 2 aliphatic rings. The topological polar surface area (TPSA) is 55.8 Å². The van der Waals surface area contributed by atoms with Crippen LogP contribution in [0.1, 0.15) is 47.9 Å². The molecule has 4 nitrogen and oxygen atoms in total. The van der Waals surface area contributed by atoms with Gasteiger partial charge >= 0.3 is 5.97 Å². The number of carboxylic acids is 1. The molecule has 1 aromatic carbocycles. The second kappa shape index (κ2) is 4.71. The Morgan fingerprint density at radius 2 is 1.72 bits per heavy atom. The summed E-state index contributed by atoms with van der Waals surface area (Å²) < 4.78 is 11.7. The van der Waals surface area contributed by atoms with E-state index >= 15 is 0 Å². The van der Waals surface area contributed by atoms with Crippen LogP contribution < -0.4 is 0 Å². The van der Waals surface area contributed by atoms with E-state index in [2.05, 4.69) is 0 Å². The number of hydrogen-bond acceptors (Lipinski definition) is 3. The van der Waals surface area contributed by atoms with Gasteiger partial charge < -0.3 is 14.6 Å². The summed E-state index contributed by atoms with van der Waals surface area (Å²) in [7, 11) is 0. The average Bonchev–Trinajstić information content (AvgIpc) is 2.82. The molecule has 1 heterocycles. The molecule has 2 fully saturated rings. The van der Waals surface area contributed by atoms with E-state index < -0.39 is 12.3 Å². The highest BCUT2D eigenvalue weighted by atomic mass is 16.7. The largest absolute Gasteiger partial charge is 0.478 e. The van der Waals surface area contributed by atoms with Crippen LogP contribution >= 0.6 is 0 Å². The van der Waals surface area contributed by atoms with Crippen molar-refractivity contribution in [1.29, 1.82) is 0 Å². The quantitative estimate of drug-likeness (QED) is 0.874. The van der Waals surface area contributed by atoms with Crippen LogP contribution in [0.25, 0.3) is 0 Å². The van der Waals surface area contributed by atoms with Crippen molar-refractivity contribution in [2.24, 2.45) is 0 Å². The fraction of sp³-hybridized carbons (Fsp3) is 0.500. The number of carboxylic acid groups (broad SMARTS) is 1. The zero-order valence-corrected chi connectivity index (χ0v) is 10.0. The van der Waals surface area contributed by atoms with Crippen LogP contribution in [0.4, 0.5) is 0 Å². The van der Waals surface area contributed by atoms with Crippen LogP contribution in [0.15, 0.2) is 24.3 Å². The molecule has 1 saturated carbocycles. The lowest BCUT2D eigenvalue weighted by atomic mass is 9.95. The van der Waals surface area contributed by atoms with E-state index in [0.29, 0.717) is 5.56 Å². The average molecular weight is 248 g/mol. The summed E-state index contributed by atoms with van der Waals surface area (Å²) in [5.41, 5.74) is 0.889. The van der Waals surface area contributed by atoms with Crippen molar-refractivity contribution in [3.8, 4) is 0 Å². The standard InChI is InChI=1S/C14H16O4/c15-13(16)9-5-1-2-6-10(9)14-17-11-7-3-4-8-12(11)18-14/h1-2,5-6,11-12,14H,3-4,7-8H2,(H,15,16)/t11-,12+,14?. The molecular formula is C14H16O4. The van der Waals surface area contributed by atoms with E-state index in [1.165, 1.54) is 0 Å². The molecule has 1 aromatic rings. The number of carbonyl (C=O) groups is 1. The second-order valence-corrected chi connectivity index (χ2v) is 4.86. The normalized spacial score (nSPS) is 31.0. The first kappa shape index (κ1) is 11.7.